The highest BCUT2D eigenvalue weighted by molar-refractivity contribution is 5.09. The molecule has 7 heteroatoms. The van der Waals surface area contributed by atoms with Gasteiger partial charge in [0, 0.05) is 6.42 Å². The number of nitrogens with two attached hydrogens (primary N) is 1. The van der Waals surface area contributed by atoms with Crippen molar-refractivity contribution >= 4 is 0 Å². The van der Waals surface area contributed by atoms with E-state index in [0.29, 0.717) is 0 Å². The fourth-order valence-electron chi connectivity index (χ4n) is 0.875. The summed E-state index contributed by atoms with van der Waals surface area (Å²) in [6.45, 7) is 0.221. The molecule has 0 saturated carbocycles. The van der Waals surface area contributed by atoms with E-state index in [0.717, 1.165) is 0 Å². The Balaban J connectivity index is 2.70. The first-order valence-electron chi connectivity index (χ1n) is 3.60. The Morgan fingerprint density at radius 2 is 1.85 bits per heavy atom. The Kier molecular flexibility index (Phi) is 2.86. The largest absolute Gasteiger partial charge is 0.394 e. The topological polar surface area (TPSA) is 64.9 Å². The van der Waals surface area contributed by atoms with E-state index in [1.165, 1.54) is 0 Å². The minimum Gasteiger partial charge on any atom is -0.330 e. The van der Waals surface area contributed by atoms with Crippen LogP contribution in [0.2, 0.25) is 0 Å². The van der Waals surface area contributed by atoms with Crippen molar-refractivity contribution in [1.29, 1.82) is 0 Å². The van der Waals surface area contributed by atoms with Gasteiger partial charge < -0.3 is 5.73 Å². The van der Waals surface area contributed by atoms with Gasteiger partial charge in [-0.05, 0) is 6.54 Å². The van der Waals surface area contributed by atoms with Gasteiger partial charge in [0.1, 0.15) is 11.4 Å². The fraction of sp³-hybridized carbons (Fsp3) is 0.667. The van der Waals surface area contributed by atoms with Gasteiger partial charge in [0.15, 0.2) is 0 Å². The zero-order chi connectivity index (χ0) is 9.90. The summed E-state index contributed by atoms with van der Waals surface area (Å²) < 4.78 is 39.9. The highest BCUT2D eigenvalue weighted by atomic mass is 19.4. The molecule has 0 fully saturated rings. The van der Waals surface area contributed by atoms with Crippen LogP contribution in [0.4, 0.5) is 13.2 Å². The normalized spacial score (nSPS) is 12.0. The van der Waals surface area contributed by atoms with Crippen molar-refractivity contribution in [2.45, 2.75) is 19.0 Å². The SMILES string of the molecule is NCCc1nonc1CC(F)(F)F. The molecule has 74 valence electrons. The molecule has 0 bridgehead atoms. The van der Waals surface area contributed by atoms with Gasteiger partial charge in [0.25, 0.3) is 0 Å². The number of aromatic nitrogens is 2. The quantitative estimate of drug-likeness (QED) is 0.770. The van der Waals surface area contributed by atoms with Crippen LogP contribution < -0.4 is 5.73 Å². The molecule has 0 radical (unpaired) electrons. The van der Waals surface area contributed by atoms with Gasteiger partial charge in [0.2, 0.25) is 0 Å². The van der Waals surface area contributed by atoms with Crippen LogP contribution in [0, 0.1) is 0 Å². The molecular weight excluding hydrogens is 187 g/mol. The second-order valence-electron chi connectivity index (χ2n) is 2.49. The van der Waals surface area contributed by atoms with E-state index in [1.54, 1.807) is 0 Å². The summed E-state index contributed by atoms with van der Waals surface area (Å²) in [5.74, 6) is 0. The molecule has 0 atom stereocenters. The summed E-state index contributed by atoms with van der Waals surface area (Å²) in [7, 11) is 0. The lowest BCUT2D eigenvalue weighted by Crippen LogP contribution is -2.14. The molecule has 0 amide bonds. The number of halogens is 3. The molecule has 4 nitrogen and oxygen atoms in total. The number of hydrogen-bond acceptors (Lipinski definition) is 4. The zero-order valence-corrected chi connectivity index (χ0v) is 6.64. The van der Waals surface area contributed by atoms with Crippen LogP contribution in [0.15, 0.2) is 4.63 Å². The van der Waals surface area contributed by atoms with Gasteiger partial charge in [0.05, 0.1) is 6.42 Å². The van der Waals surface area contributed by atoms with Crippen LogP contribution in [0.25, 0.3) is 0 Å². The third kappa shape index (κ3) is 3.02. The van der Waals surface area contributed by atoms with Crippen LogP contribution in [-0.2, 0) is 12.8 Å². The molecule has 0 unspecified atom stereocenters. The van der Waals surface area contributed by atoms with Gasteiger partial charge in [-0.15, -0.1) is 0 Å². The van der Waals surface area contributed by atoms with Crippen molar-refractivity contribution in [3.05, 3.63) is 11.4 Å². The molecule has 2 N–H and O–H groups in total. The molecular formula is C6H8F3N3O. The van der Waals surface area contributed by atoms with Crippen molar-refractivity contribution in [2.75, 3.05) is 6.54 Å². The lowest BCUT2D eigenvalue weighted by molar-refractivity contribution is -0.128. The standard InChI is InChI=1S/C6H8F3N3O/c7-6(8,9)3-5-4(1-2-10)11-13-12-5/h1-3,10H2. The van der Waals surface area contributed by atoms with E-state index in [9.17, 15) is 13.2 Å². The highest BCUT2D eigenvalue weighted by Gasteiger charge is 2.31. The third-order valence-corrected chi connectivity index (χ3v) is 1.38. The van der Waals surface area contributed by atoms with Crippen molar-refractivity contribution < 1.29 is 17.8 Å². The number of alkyl halides is 3. The second kappa shape index (κ2) is 3.73. The molecule has 0 aliphatic carbocycles. The molecule has 0 aromatic carbocycles. The lowest BCUT2D eigenvalue weighted by Gasteiger charge is -2.02. The van der Waals surface area contributed by atoms with E-state index in [2.05, 4.69) is 14.9 Å². The van der Waals surface area contributed by atoms with Gasteiger partial charge in [-0.25, -0.2) is 4.63 Å². The van der Waals surface area contributed by atoms with E-state index < -0.39 is 12.6 Å². The van der Waals surface area contributed by atoms with E-state index in [4.69, 9.17) is 5.73 Å². The molecule has 1 aromatic rings. The van der Waals surface area contributed by atoms with Gasteiger partial charge in [-0.3, -0.25) is 0 Å². The molecule has 1 rings (SSSR count). The first kappa shape index (κ1) is 9.97. The number of hydrogen-bond donors (Lipinski definition) is 1. The van der Waals surface area contributed by atoms with Crippen molar-refractivity contribution in [3.63, 3.8) is 0 Å². The Morgan fingerprint density at radius 3 is 2.38 bits per heavy atom. The molecule has 0 saturated heterocycles. The molecule has 1 aromatic heterocycles. The Bertz CT molecular complexity index is 270. The number of rotatable bonds is 3. The molecule has 1 heterocycles. The zero-order valence-electron chi connectivity index (χ0n) is 6.64. The van der Waals surface area contributed by atoms with Crippen molar-refractivity contribution in [2.24, 2.45) is 5.73 Å². The smallest absolute Gasteiger partial charge is 0.330 e. The Hall–Kier alpha value is -1.11. The van der Waals surface area contributed by atoms with E-state index >= 15 is 0 Å². The van der Waals surface area contributed by atoms with Crippen LogP contribution in [-0.4, -0.2) is 23.0 Å². The molecule has 0 aliphatic heterocycles. The summed E-state index contributed by atoms with van der Waals surface area (Å²) in [5, 5.41) is 6.48. The van der Waals surface area contributed by atoms with Crippen LogP contribution >= 0.6 is 0 Å². The van der Waals surface area contributed by atoms with Crippen LogP contribution in [0.5, 0.6) is 0 Å². The van der Waals surface area contributed by atoms with E-state index in [-0.39, 0.29) is 24.4 Å². The monoisotopic (exact) mass is 195 g/mol. The van der Waals surface area contributed by atoms with Crippen LogP contribution in [0.1, 0.15) is 11.4 Å². The molecule has 0 spiro atoms. The van der Waals surface area contributed by atoms with Gasteiger partial charge in [-0.1, -0.05) is 10.3 Å². The maximum atomic E-state index is 11.9. The first-order valence-corrected chi connectivity index (χ1v) is 3.60. The van der Waals surface area contributed by atoms with Gasteiger partial charge >= 0.3 is 6.18 Å². The Morgan fingerprint density at radius 1 is 1.23 bits per heavy atom. The summed E-state index contributed by atoms with van der Waals surface area (Å²) in [6.07, 6.45) is -5.16. The average molecular weight is 195 g/mol. The summed E-state index contributed by atoms with van der Waals surface area (Å²) in [6, 6.07) is 0. The maximum absolute atomic E-state index is 11.9. The summed E-state index contributed by atoms with van der Waals surface area (Å²) >= 11 is 0. The van der Waals surface area contributed by atoms with Crippen molar-refractivity contribution in [1.82, 2.24) is 10.3 Å². The summed E-state index contributed by atoms with van der Waals surface area (Å²) in [5.41, 5.74) is 5.16. The number of nitrogens with zero attached hydrogens (tertiary/aromatic N) is 2. The lowest BCUT2D eigenvalue weighted by atomic mass is 10.2. The highest BCUT2D eigenvalue weighted by Crippen LogP contribution is 2.21. The van der Waals surface area contributed by atoms with Gasteiger partial charge in [-0.2, -0.15) is 13.2 Å². The average Bonchev–Trinajstić information content (AvgIpc) is 2.34. The maximum Gasteiger partial charge on any atom is 0.394 e. The Labute approximate surface area is 71.9 Å². The fourth-order valence-corrected chi connectivity index (χ4v) is 0.875. The second-order valence-corrected chi connectivity index (χ2v) is 2.49. The molecule has 0 aliphatic rings. The van der Waals surface area contributed by atoms with Crippen LogP contribution in [0.3, 0.4) is 0 Å². The molecule has 13 heavy (non-hydrogen) atoms. The minimum atomic E-state index is -4.29. The third-order valence-electron chi connectivity index (χ3n) is 1.38. The van der Waals surface area contributed by atoms with E-state index in [1.807, 2.05) is 0 Å². The minimum absolute atomic E-state index is 0.180. The predicted molar refractivity (Wildman–Crippen MR) is 36.8 cm³/mol. The first-order chi connectivity index (χ1) is 6.03. The predicted octanol–water partition coefficient (Wildman–Crippen LogP) is 0.676. The summed E-state index contributed by atoms with van der Waals surface area (Å²) in [4.78, 5) is 0. The van der Waals surface area contributed by atoms with Crippen molar-refractivity contribution in [3.8, 4) is 0 Å².